The van der Waals surface area contributed by atoms with Gasteiger partial charge >= 0.3 is 0 Å². The Morgan fingerprint density at radius 3 is 2.68 bits per heavy atom. The highest BCUT2D eigenvalue weighted by atomic mass is 16.5. The van der Waals surface area contributed by atoms with Gasteiger partial charge in [-0.1, -0.05) is 5.16 Å². The van der Waals surface area contributed by atoms with Crippen molar-refractivity contribution < 1.29 is 14.1 Å². The van der Waals surface area contributed by atoms with Gasteiger partial charge in [-0.15, -0.1) is 0 Å². The van der Waals surface area contributed by atoms with Gasteiger partial charge in [0.2, 0.25) is 5.89 Å². The molecule has 1 atom stereocenters. The third-order valence-corrected chi connectivity index (χ3v) is 4.67. The average molecular weight is 341 g/mol. The zero-order valence-electron chi connectivity index (χ0n) is 14.6. The molecule has 0 N–H and O–H groups in total. The largest absolute Gasteiger partial charge is 0.491 e. The van der Waals surface area contributed by atoms with Crippen LogP contribution in [-0.4, -0.2) is 33.6 Å². The lowest BCUT2D eigenvalue weighted by Gasteiger charge is -2.22. The average Bonchev–Trinajstić information content (AvgIpc) is 3.13. The third kappa shape index (κ3) is 3.38. The van der Waals surface area contributed by atoms with E-state index < -0.39 is 0 Å². The van der Waals surface area contributed by atoms with Crippen molar-refractivity contribution in [1.29, 1.82) is 0 Å². The van der Waals surface area contributed by atoms with E-state index >= 15 is 0 Å². The SMILES string of the molecule is CC(C)Oc1ccc(C(=O)N2CCCC2c2nc(C3CC3)no2)cc1. The summed E-state index contributed by atoms with van der Waals surface area (Å²) in [6, 6.07) is 7.21. The Balaban J connectivity index is 1.49. The molecule has 0 bridgehead atoms. The number of likely N-dealkylation sites (tertiary alicyclic amines) is 1. The number of rotatable bonds is 5. The van der Waals surface area contributed by atoms with Crippen LogP contribution in [0, 0.1) is 0 Å². The summed E-state index contributed by atoms with van der Waals surface area (Å²) in [5.41, 5.74) is 0.657. The number of amides is 1. The highest BCUT2D eigenvalue weighted by Crippen LogP contribution is 2.40. The Labute approximate surface area is 147 Å². The number of ether oxygens (including phenoxy) is 1. The maximum atomic E-state index is 12.9. The monoisotopic (exact) mass is 341 g/mol. The first kappa shape index (κ1) is 16.1. The van der Waals surface area contributed by atoms with Crippen LogP contribution in [0.5, 0.6) is 5.75 Å². The summed E-state index contributed by atoms with van der Waals surface area (Å²) in [4.78, 5) is 19.3. The molecular formula is C19H23N3O3. The number of aromatic nitrogens is 2. The predicted octanol–water partition coefficient (Wildman–Crippen LogP) is 3.71. The zero-order valence-corrected chi connectivity index (χ0v) is 14.6. The van der Waals surface area contributed by atoms with Gasteiger partial charge in [0.15, 0.2) is 5.82 Å². The molecule has 1 saturated heterocycles. The number of carbonyl (C=O) groups excluding carboxylic acids is 1. The second-order valence-electron chi connectivity index (χ2n) is 7.11. The van der Waals surface area contributed by atoms with Crippen LogP contribution in [0.4, 0.5) is 0 Å². The molecule has 4 rings (SSSR count). The Bertz CT molecular complexity index is 750. The number of hydrogen-bond acceptors (Lipinski definition) is 5. The fourth-order valence-electron chi connectivity index (χ4n) is 3.27. The molecular weight excluding hydrogens is 318 g/mol. The maximum absolute atomic E-state index is 12.9. The van der Waals surface area contributed by atoms with E-state index in [1.165, 1.54) is 0 Å². The standard InChI is InChI=1S/C19H23N3O3/c1-12(2)24-15-9-7-14(8-10-15)19(23)22-11-3-4-16(22)18-20-17(21-25-18)13-5-6-13/h7-10,12-13,16H,3-6,11H2,1-2H3. The first-order chi connectivity index (χ1) is 12.1. The fourth-order valence-corrected chi connectivity index (χ4v) is 3.27. The minimum Gasteiger partial charge on any atom is -0.491 e. The summed E-state index contributed by atoms with van der Waals surface area (Å²) in [6.45, 7) is 4.68. The van der Waals surface area contributed by atoms with E-state index in [4.69, 9.17) is 9.26 Å². The second kappa shape index (κ2) is 6.50. The van der Waals surface area contributed by atoms with Crippen LogP contribution >= 0.6 is 0 Å². The van der Waals surface area contributed by atoms with E-state index in [2.05, 4.69) is 10.1 Å². The minimum absolute atomic E-state index is 0.00442. The molecule has 0 spiro atoms. The van der Waals surface area contributed by atoms with E-state index in [1.54, 1.807) is 0 Å². The van der Waals surface area contributed by atoms with Gasteiger partial charge in [0.25, 0.3) is 5.91 Å². The highest BCUT2D eigenvalue weighted by Gasteiger charge is 2.36. The lowest BCUT2D eigenvalue weighted by molar-refractivity contribution is 0.0710. The number of carbonyl (C=O) groups is 1. The molecule has 1 aromatic carbocycles. The van der Waals surface area contributed by atoms with Crippen molar-refractivity contribution >= 4 is 5.91 Å². The van der Waals surface area contributed by atoms with Gasteiger partial charge in [0, 0.05) is 18.0 Å². The summed E-state index contributed by atoms with van der Waals surface area (Å²) in [6.07, 6.45) is 4.20. The lowest BCUT2D eigenvalue weighted by atomic mass is 10.1. The minimum atomic E-state index is -0.112. The van der Waals surface area contributed by atoms with Crippen LogP contribution in [0.2, 0.25) is 0 Å². The molecule has 1 unspecified atom stereocenters. The van der Waals surface area contributed by atoms with E-state index in [1.807, 2.05) is 43.0 Å². The molecule has 132 valence electrons. The number of benzene rings is 1. The van der Waals surface area contributed by atoms with E-state index in [0.29, 0.717) is 17.4 Å². The molecule has 2 fully saturated rings. The number of hydrogen-bond donors (Lipinski definition) is 0. The van der Waals surface area contributed by atoms with Gasteiger partial charge in [-0.05, 0) is 63.8 Å². The van der Waals surface area contributed by atoms with Crippen LogP contribution in [-0.2, 0) is 0 Å². The smallest absolute Gasteiger partial charge is 0.254 e. The van der Waals surface area contributed by atoms with E-state index in [9.17, 15) is 4.79 Å². The van der Waals surface area contributed by atoms with Crippen molar-refractivity contribution in [3.63, 3.8) is 0 Å². The summed E-state index contributed by atoms with van der Waals surface area (Å²) >= 11 is 0. The molecule has 2 heterocycles. The summed E-state index contributed by atoms with van der Waals surface area (Å²) in [7, 11) is 0. The Kier molecular flexibility index (Phi) is 4.19. The van der Waals surface area contributed by atoms with Gasteiger partial charge < -0.3 is 14.2 Å². The molecule has 1 aliphatic carbocycles. The van der Waals surface area contributed by atoms with Crippen LogP contribution < -0.4 is 4.74 Å². The summed E-state index contributed by atoms with van der Waals surface area (Å²) in [5, 5.41) is 4.09. The summed E-state index contributed by atoms with van der Waals surface area (Å²) in [5.74, 6) is 2.61. The van der Waals surface area contributed by atoms with Crippen LogP contribution in [0.15, 0.2) is 28.8 Å². The van der Waals surface area contributed by atoms with Gasteiger partial charge in [0.1, 0.15) is 11.8 Å². The normalized spacial score (nSPS) is 20.3. The fraction of sp³-hybridized carbons (Fsp3) is 0.526. The molecule has 6 nitrogen and oxygen atoms in total. The Hall–Kier alpha value is -2.37. The molecule has 25 heavy (non-hydrogen) atoms. The van der Waals surface area contributed by atoms with Gasteiger partial charge in [0.05, 0.1) is 6.10 Å². The quantitative estimate of drug-likeness (QED) is 0.829. The zero-order chi connectivity index (χ0) is 17.4. The Morgan fingerprint density at radius 2 is 2.00 bits per heavy atom. The van der Waals surface area contributed by atoms with Crippen molar-refractivity contribution in [3.8, 4) is 5.75 Å². The Morgan fingerprint density at radius 1 is 1.24 bits per heavy atom. The molecule has 1 amide bonds. The van der Waals surface area contributed by atoms with Crippen LogP contribution in [0.25, 0.3) is 0 Å². The van der Waals surface area contributed by atoms with Crippen molar-refractivity contribution in [1.82, 2.24) is 15.0 Å². The second-order valence-corrected chi connectivity index (χ2v) is 7.11. The molecule has 1 aromatic heterocycles. The topological polar surface area (TPSA) is 68.5 Å². The van der Waals surface area contributed by atoms with Crippen molar-refractivity contribution in [3.05, 3.63) is 41.5 Å². The van der Waals surface area contributed by atoms with E-state index in [-0.39, 0.29) is 18.1 Å². The maximum Gasteiger partial charge on any atom is 0.254 e. The third-order valence-electron chi connectivity index (χ3n) is 4.67. The first-order valence-corrected chi connectivity index (χ1v) is 9.03. The highest BCUT2D eigenvalue weighted by molar-refractivity contribution is 5.94. The molecule has 1 saturated carbocycles. The summed E-state index contributed by atoms with van der Waals surface area (Å²) < 4.78 is 11.1. The predicted molar refractivity (Wildman–Crippen MR) is 91.5 cm³/mol. The van der Waals surface area contributed by atoms with E-state index in [0.717, 1.165) is 43.8 Å². The van der Waals surface area contributed by atoms with Crippen molar-refractivity contribution in [2.75, 3.05) is 6.54 Å². The molecule has 2 aliphatic rings. The molecule has 2 aromatic rings. The first-order valence-electron chi connectivity index (χ1n) is 9.03. The van der Waals surface area contributed by atoms with Gasteiger partial charge in [-0.25, -0.2) is 0 Å². The van der Waals surface area contributed by atoms with Crippen molar-refractivity contribution in [2.24, 2.45) is 0 Å². The molecule has 6 heteroatoms. The van der Waals surface area contributed by atoms with Crippen molar-refractivity contribution in [2.45, 2.75) is 57.6 Å². The lowest BCUT2D eigenvalue weighted by Crippen LogP contribution is -2.30. The number of nitrogens with zero attached hydrogens (tertiary/aromatic N) is 3. The van der Waals surface area contributed by atoms with Gasteiger partial charge in [-0.2, -0.15) is 4.98 Å². The van der Waals surface area contributed by atoms with Crippen LogP contribution in [0.3, 0.4) is 0 Å². The van der Waals surface area contributed by atoms with Gasteiger partial charge in [-0.3, -0.25) is 4.79 Å². The van der Waals surface area contributed by atoms with Crippen LogP contribution in [0.1, 0.15) is 73.6 Å². The molecule has 0 radical (unpaired) electrons. The molecule has 1 aliphatic heterocycles.